The molecule has 2 aliphatic rings. The quantitative estimate of drug-likeness (QED) is 0.723. The zero-order valence-electron chi connectivity index (χ0n) is 11.7. The van der Waals surface area contributed by atoms with E-state index in [2.05, 4.69) is 18.4 Å². The van der Waals surface area contributed by atoms with Crippen molar-refractivity contribution in [2.24, 2.45) is 17.8 Å². The number of piperidine rings is 1. The molecule has 1 saturated heterocycles. The van der Waals surface area contributed by atoms with Crippen LogP contribution in [-0.2, 0) is 8.85 Å². The molecule has 0 aromatic carbocycles. The van der Waals surface area contributed by atoms with Gasteiger partial charge in [0.05, 0.1) is 0 Å². The maximum absolute atomic E-state index is 5.61. The second kappa shape index (κ2) is 5.82. The van der Waals surface area contributed by atoms with E-state index in [1.807, 2.05) is 0 Å². The van der Waals surface area contributed by atoms with Crippen molar-refractivity contribution in [1.29, 1.82) is 0 Å². The first-order chi connectivity index (χ1) is 8.17. The van der Waals surface area contributed by atoms with E-state index >= 15 is 0 Å². The van der Waals surface area contributed by atoms with Crippen molar-refractivity contribution in [1.82, 2.24) is 4.57 Å². The Labute approximate surface area is 107 Å². The van der Waals surface area contributed by atoms with Crippen LogP contribution in [0.5, 0.6) is 0 Å². The van der Waals surface area contributed by atoms with Crippen molar-refractivity contribution in [3.63, 3.8) is 0 Å². The van der Waals surface area contributed by atoms with Crippen LogP contribution in [0.3, 0.4) is 0 Å². The maximum Gasteiger partial charge on any atom is 0.410 e. The number of nitrogens with zero attached hydrogens (tertiary/aromatic N) is 1. The fourth-order valence-corrected chi connectivity index (χ4v) is 5.85. The Hall–Kier alpha value is 0.0969. The molecule has 2 rings (SSSR count). The fraction of sp³-hybridized carbons (Fsp3) is 1.00. The smallest absolute Gasteiger partial charge is 0.388 e. The SMILES string of the molecule is CO[SiH](OC)N1CC(C)CC2C(C)CCCC21. The Morgan fingerprint density at radius 2 is 1.82 bits per heavy atom. The largest absolute Gasteiger partial charge is 0.410 e. The van der Waals surface area contributed by atoms with Crippen LogP contribution in [0.2, 0.25) is 0 Å². The van der Waals surface area contributed by atoms with Crippen molar-refractivity contribution in [3.05, 3.63) is 0 Å². The molecular weight excluding hydrogens is 230 g/mol. The van der Waals surface area contributed by atoms with Gasteiger partial charge in [0.2, 0.25) is 0 Å². The lowest BCUT2D eigenvalue weighted by Gasteiger charge is -2.50. The van der Waals surface area contributed by atoms with E-state index in [1.165, 1.54) is 32.2 Å². The summed E-state index contributed by atoms with van der Waals surface area (Å²) in [4.78, 5) is 0. The molecule has 2 fully saturated rings. The first kappa shape index (κ1) is 13.5. The molecule has 4 atom stereocenters. The minimum atomic E-state index is -1.60. The van der Waals surface area contributed by atoms with Crippen LogP contribution in [0.25, 0.3) is 0 Å². The van der Waals surface area contributed by atoms with E-state index in [1.54, 1.807) is 14.2 Å². The van der Waals surface area contributed by atoms with Crippen molar-refractivity contribution in [2.75, 3.05) is 20.8 Å². The lowest BCUT2D eigenvalue weighted by molar-refractivity contribution is 0.0272. The highest BCUT2D eigenvalue weighted by Crippen LogP contribution is 2.41. The van der Waals surface area contributed by atoms with Crippen LogP contribution in [0, 0.1) is 17.8 Å². The molecule has 0 aromatic rings. The van der Waals surface area contributed by atoms with Crippen molar-refractivity contribution in [2.45, 2.75) is 45.6 Å². The van der Waals surface area contributed by atoms with Crippen molar-refractivity contribution < 1.29 is 8.85 Å². The predicted molar refractivity (Wildman–Crippen MR) is 71.9 cm³/mol. The molecule has 0 bridgehead atoms. The van der Waals surface area contributed by atoms with Gasteiger partial charge in [0, 0.05) is 20.3 Å². The predicted octanol–water partition coefficient (Wildman–Crippen LogP) is 2.14. The van der Waals surface area contributed by atoms with E-state index in [0.29, 0.717) is 0 Å². The zero-order valence-corrected chi connectivity index (χ0v) is 12.8. The standard InChI is InChI=1S/C13H27NO2Si/c1-10-8-12-11(2)6-5-7-13(12)14(9-10)17(15-3)16-4/h10-13,17H,5-9H2,1-4H3. The van der Waals surface area contributed by atoms with Crippen molar-refractivity contribution >= 4 is 9.45 Å². The molecule has 3 nitrogen and oxygen atoms in total. The van der Waals surface area contributed by atoms with Crippen LogP contribution in [-0.4, -0.2) is 40.8 Å². The van der Waals surface area contributed by atoms with E-state index in [-0.39, 0.29) is 0 Å². The lowest BCUT2D eigenvalue weighted by atomic mass is 9.71. The Morgan fingerprint density at radius 1 is 1.12 bits per heavy atom. The third kappa shape index (κ3) is 2.75. The summed E-state index contributed by atoms with van der Waals surface area (Å²) in [6.07, 6.45) is 5.53. The molecule has 1 saturated carbocycles. The highest BCUT2D eigenvalue weighted by atomic mass is 28.3. The zero-order chi connectivity index (χ0) is 12.4. The van der Waals surface area contributed by atoms with Crippen LogP contribution in [0.1, 0.15) is 39.5 Å². The van der Waals surface area contributed by atoms with Gasteiger partial charge < -0.3 is 8.85 Å². The fourth-order valence-electron chi connectivity index (χ4n) is 3.90. The molecule has 0 radical (unpaired) electrons. The lowest BCUT2D eigenvalue weighted by Crippen LogP contribution is -2.58. The van der Waals surface area contributed by atoms with Gasteiger partial charge in [-0.2, -0.15) is 0 Å². The molecule has 4 unspecified atom stereocenters. The summed E-state index contributed by atoms with van der Waals surface area (Å²) >= 11 is 0. The molecule has 1 aliphatic carbocycles. The van der Waals surface area contributed by atoms with Gasteiger partial charge >= 0.3 is 9.45 Å². The monoisotopic (exact) mass is 257 g/mol. The molecule has 1 heterocycles. The summed E-state index contributed by atoms with van der Waals surface area (Å²) in [5.41, 5.74) is 0. The van der Waals surface area contributed by atoms with E-state index in [9.17, 15) is 0 Å². The highest BCUT2D eigenvalue weighted by molar-refractivity contribution is 6.41. The second-order valence-corrected chi connectivity index (χ2v) is 8.18. The number of rotatable bonds is 3. The van der Waals surface area contributed by atoms with Crippen LogP contribution in [0.15, 0.2) is 0 Å². The molecule has 1 aliphatic heterocycles. The maximum atomic E-state index is 5.61. The van der Waals surface area contributed by atoms with Gasteiger partial charge in [-0.05, 0) is 37.1 Å². The molecule has 17 heavy (non-hydrogen) atoms. The van der Waals surface area contributed by atoms with Crippen LogP contribution < -0.4 is 0 Å². The molecule has 0 N–H and O–H groups in total. The number of hydrogen-bond donors (Lipinski definition) is 0. The molecule has 4 heteroatoms. The van der Waals surface area contributed by atoms with Gasteiger partial charge in [0.1, 0.15) is 0 Å². The minimum Gasteiger partial charge on any atom is -0.388 e. The van der Waals surface area contributed by atoms with E-state index in [4.69, 9.17) is 8.85 Å². The average Bonchev–Trinajstić information content (AvgIpc) is 2.32. The number of hydrogen-bond acceptors (Lipinski definition) is 3. The molecular formula is C13H27NO2Si. The average molecular weight is 257 g/mol. The van der Waals surface area contributed by atoms with Gasteiger partial charge in [0.15, 0.2) is 0 Å². The summed E-state index contributed by atoms with van der Waals surface area (Å²) in [6.45, 7) is 5.98. The Balaban J connectivity index is 2.13. The summed E-state index contributed by atoms with van der Waals surface area (Å²) in [5.74, 6) is 2.53. The van der Waals surface area contributed by atoms with E-state index in [0.717, 1.165) is 23.8 Å². The Morgan fingerprint density at radius 3 is 2.47 bits per heavy atom. The van der Waals surface area contributed by atoms with Crippen molar-refractivity contribution in [3.8, 4) is 0 Å². The second-order valence-electron chi connectivity index (χ2n) is 5.96. The van der Waals surface area contributed by atoms with E-state index < -0.39 is 9.45 Å². The van der Waals surface area contributed by atoms with Gasteiger partial charge in [-0.3, -0.25) is 4.57 Å². The first-order valence-corrected chi connectivity index (χ1v) is 8.44. The highest BCUT2D eigenvalue weighted by Gasteiger charge is 2.43. The molecule has 0 spiro atoms. The molecule has 100 valence electrons. The third-order valence-electron chi connectivity index (χ3n) is 4.68. The minimum absolute atomic E-state index is 0.728. The summed E-state index contributed by atoms with van der Waals surface area (Å²) in [6, 6.07) is 0.728. The Kier molecular flexibility index (Phi) is 4.63. The number of fused-ring (bicyclic) bond motifs is 1. The van der Waals surface area contributed by atoms with Gasteiger partial charge in [-0.15, -0.1) is 0 Å². The van der Waals surface area contributed by atoms with Gasteiger partial charge in [0.25, 0.3) is 0 Å². The molecule has 0 amide bonds. The topological polar surface area (TPSA) is 21.7 Å². The summed E-state index contributed by atoms with van der Waals surface area (Å²) < 4.78 is 13.8. The summed E-state index contributed by atoms with van der Waals surface area (Å²) in [5, 5.41) is 0. The van der Waals surface area contributed by atoms with Gasteiger partial charge in [-0.1, -0.05) is 26.7 Å². The normalized spacial score (nSPS) is 39.4. The first-order valence-electron chi connectivity index (χ1n) is 6.98. The Bertz CT molecular complexity index is 248. The van der Waals surface area contributed by atoms with Crippen LogP contribution in [0.4, 0.5) is 0 Å². The summed E-state index contributed by atoms with van der Waals surface area (Å²) in [7, 11) is 2.01. The van der Waals surface area contributed by atoms with Crippen LogP contribution >= 0.6 is 0 Å². The molecule has 0 aromatic heterocycles. The third-order valence-corrected chi connectivity index (χ3v) is 6.62. The van der Waals surface area contributed by atoms with Gasteiger partial charge in [-0.25, -0.2) is 0 Å².